The van der Waals surface area contributed by atoms with Crippen LogP contribution in [0, 0.1) is 0 Å². The molecule has 6 heteroatoms. The van der Waals surface area contributed by atoms with Crippen LogP contribution in [0.5, 0.6) is 0 Å². The maximum atomic E-state index is 11.3. The molecule has 0 saturated carbocycles. The maximum Gasteiger partial charge on any atom is 0.150 e. The molecule has 0 heterocycles. The first kappa shape index (κ1) is 17.8. The van der Waals surface area contributed by atoms with Gasteiger partial charge in [0.05, 0.1) is 19.0 Å². The van der Waals surface area contributed by atoms with Gasteiger partial charge < -0.3 is 14.8 Å². The van der Waals surface area contributed by atoms with E-state index in [2.05, 4.69) is 5.32 Å². The maximum absolute atomic E-state index is 11.3. The van der Waals surface area contributed by atoms with Crippen LogP contribution in [0.15, 0.2) is 0 Å². The molecule has 0 aliphatic heterocycles. The van der Waals surface area contributed by atoms with Crippen LogP contribution in [-0.2, 0) is 19.3 Å². The average molecular weight is 281 g/mol. The van der Waals surface area contributed by atoms with Crippen molar-refractivity contribution in [2.45, 2.75) is 32.2 Å². The third-order valence-corrected chi connectivity index (χ3v) is 4.69. The first-order valence-corrected chi connectivity index (χ1v) is 8.32. The van der Waals surface area contributed by atoms with Crippen molar-refractivity contribution in [3.63, 3.8) is 0 Å². The summed E-state index contributed by atoms with van der Waals surface area (Å²) in [6.45, 7) is 3.58. The number of ether oxygens (including phenoxy) is 2. The van der Waals surface area contributed by atoms with Crippen molar-refractivity contribution in [2.75, 3.05) is 45.5 Å². The minimum Gasteiger partial charge on any atom is -0.382 e. The summed E-state index contributed by atoms with van der Waals surface area (Å²) in [5, 5.41) is 3.19. The zero-order valence-electron chi connectivity index (χ0n) is 11.8. The van der Waals surface area contributed by atoms with E-state index in [1.165, 1.54) is 0 Å². The lowest BCUT2D eigenvalue weighted by molar-refractivity contribution is 0.0657. The topological polar surface area (TPSA) is 64.6 Å². The molecular formula is C12H27NO4S. The lowest BCUT2D eigenvalue weighted by atomic mass is 10.1. The molecule has 0 aliphatic rings. The minimum atomic E-state index is -2.83. The zero-order chi connectivity index (χ0) is 13.9. The monoisotopic (exact) mass is 281 g/mol. The second-order valence-corrected chi connectivity index (χ2v) is 6.73. The molecule has 0 aromatic heterocycles. The Morgan fingerprint density at radius 1 is 1.17 bits per heavy atom. The standard InChI is InChI=1S/C12H27NO4S/c1-4-18(14,15)11-5-6-12(13-2)7-8-17-10-9-16-3/h12-13H,4-11H2,1-3H3. The van der Waals surface area contributed by atoms with Crippen LogP contribution in [0.2, 0.25) is 0 Å². The van der Waals surface area contributed by atoms with Crippen LogP contribution < -0.4 is 5.32 Å². The highest BCUT2D eigenvalue weighted by Crippen LogP contribution is 2.05. The first-order chi connectivity index (χ1) is 8.55. The van der Waals surface area contributed by atoms with E-state index in [9.17, 15) is 8.42 Å². The molecule has 0 fully saturated rings. The van der Waals surface area contributed by atoms with Crippen molar-refractivity contribution in [3.05, 3.63) is 0 Å². The Morgan fingerprint density at radius 3 is 2.44 bits per heavy atom. The number of methoxy groups -OCH3 is 1. The normalized spacial score (nSPS) is 13.7. The van der Waals surface area contributed by atoms with Gasteiger partial charge in [-0.3, -0.25) is 0 Å². The fourth-order valence-electron chi connectivity index (χ4n) is 1.60. The van der Waals surface area contributed by atoms with E-state index in [4.69, 9.17) is 9.47 Å². The summed E-state index contributed by atoms with van der Waals surface area (Å²) in [6, 6.07) is 0.319. The summed E-state index contributed by atoms with van der Waals surface area (Å²) < 4.78 is 33.0. The first-order valence-electron chi connectivity index (χ1n) is 6.50. The van der Waals surface area contributed by atoms with Crippen molar-refractivity contribution < 1.29 is 17.9 Å². The number of hydrogen-bond acceptors (Lipinski definition) is 5. The van der Waals surface area contributed by atoms with Gasteiger partial charge >= 0.3 is 0 Å². The van der Waals surface area contributed by atoms with Crippen molar-refractivity contribution >= 4 is 9.84 Å². The van der Waals surface area contributed by atoms with E-state index in [0.717, 1.165) is 12.8 Å². The molecule has 0 aliphatic carbocycles. The Kier molecular flexibility index (Phi) is 10.6. The molecule has 0 radical (unpaired) electrons. The Morgan fingerprint density at radius 2 is 1.89 bits per heavy atom. The molecule has 0 spiro atoms. The molecule has 1 N–H and O–H groups in total. The van der Waals surface area contributed by atoms with Gasteiger partial charge in [-0.05, 0) is 26.3 Å². The predicted octanol–water partition coefficient (Wildman–Crippen LogP) is 0.842. The summed E-state index contributed by atoms with van der Waals surface area (Å²) in [5.41, 5.74) is 0. The summed E-state index contributed by atoms with van der Waals surface area (Å²) in [6.07, 6.45) is 2.47. The van der Waals surface area contributed by atoms with Crippen molar-refractivity contribution in [2.24, 2.45) is 0 Å². The SMILES string of the molecule is CCS(=O)(=O)CCCC(CCOCCOC)NC. The van der Waals surface area contributed by atoms with Gasteiger partial charge in [-0.25, -0.2) is 8.42 Å². The molecule has 18 heavy (non-hydrogen) atoms. The summed E-state index contributed by atoms with van der Waals surface area (Å²) in [4.78, 5) is 0. The van der Waals surface area contributed by atoms with Gasteiger partial charge in [0.25, 0.3) is 0 Å². The molecule has 0 aromatic carbocycles. The molecule has 1 atom stereocenters. The Bertz CT molecular complexity index is 280. The van der Waals surface area contributed by atoms with Crippen LogP contribution in [0.25, 0.3) is 0 Å². The van der Waals surface area contributed by atoms with Crippen molar-refractivity contribution in [3.8, 4) is 0 Å². The molecule has 0 aromatic rings. The quantitative estimate of drug-likeness (QED) is 0.537. The third kappa shape index (κ3) is 9.82. The van der Waals surface area contributed by atoms with Gasteiger partial charge in [0.1, 0.15) is 9.84 Å². The molecule has 0 saturated heterocycles. The Hall–Kier alpha value is -0.170. The van der Waals surface area contributed by atoms with E-state index in [1.807, 2.05) is 7.05 Å². The van der Waals surface area contributed by atoms with E-state index in [1.54, 1.807) is 14.0 Å². The smallest absolute Gasteiger partial charge is 0.150 e. The summed E-state index contributed by atoms with van der Waals surface area (Å²) in [5.74, 6) is 0.517. The minimum absolute atomic E-state index is 0.233. The Labute approximate surface area is 111 Å². The van der Waals surface area contributed by atoms with E-state index in [0.29, 0.717) is 32.3 Å². The number of sulfone groups is 1. The second kappa shape index (κ2) is 10.7. The van der Waals surface area contributed by atoms with Gasteiger partial charge in [-0.2, -0.15) is 0 Å². The van der Waals surface area contributed by atoms with Gasteiger partial charge in [-0.1, -0.05) is 6.92 Å². The lowest BCUT2D eigenvalue weighted by Crippen LogP contribution is -2.27. The highest BCUT2D eigenvalue weighted by molar-refractivity contribution is 7.91. The highest BCUT2D eigenvalue weighted by Gasteiger charge is 2.10. The number of rotatable bonds is 12. The van der Waals surface area contributed by atoms with Crippen LogP contribution >= 0.6 is 0 Å². The fraction of sp³-hybridized carbons (Fsp3) is 1.00. The molecule has 1 unspecified atom stereocenters. The van der Waals surface area contributed by atoms with E-state index < -0.39 is 9.84 Å². The predicted molar refractivity (Wildman–Crippen MR) is 73.7 cm³/mol. The zero-order valence-corrected chi connectivity index (χ0v) is 12.6. The molecule has 5 nitrogen and oxygen atoms in total. The molecule has 0 rings (SSSR count). The van der Waals surface area contributed by atoms with Crippen LogP contribution in [0.3, 0.4) is 0 Å². The van der Waals surface area contributed by atoms with Crippen molar-refractivity contribution in [1.82, 2.24) is 5.32 Å². The number of nitrogens with one attached hydrogen (secondary N) is 1. The largest absolute Gasteiger partial charge is 0.382 e. The van der Waals surface area contributed by atoms with Crippen LogP contribution in [-0.4, -0.2) is 59.9 Å². The van der Waals surface area contributed by atoms with E-state index in [-0.39, 0.29) is 11.5 Å². The molecule has 110 valence electrons. The van der Waals surface area contributed by atoms with Crippen LogP contribution in [0.1, 0.15) is 26.2 Å². The molecule has 0 amide bonds. The van der Waals surface area contributed by atoms with Gasteiger partial charge in [0, 0.05) is 25.5 Å². The third-order valence-electron chi connectivity index (χ3n) is 2.90. The fourth-order valence-corrected chi connectivity index (χ4v) is 2.49. The summed E-state index contributed by atoms with van der Waals surface area (Å²) >= 11 is 0. The average Bonchev–Trinajstić information content (AvgIpc) is 2.36. The lowest BCUT2D eigenvalue weighted by Gasteiger charge is -2.16. The second-order valence-electron chi connectivity index (χ2n) is 4.26. The van der Waals surface area contributed by atoms with Gasteiger partial charge in [0.2, 0.25) is 0 Å². The number of hydrogen-bond donors (Lipinski definition) is 1. The molecule has 0 bridgehead atoms. The molecular weight excluding hydrogens is 254 g/mol. The van der Waals surface area contributed by atoms with Crippen molar-refractivity contribution in [1.29, 1.82) is 0 Å². The van der Waals surface area contributed by atoms with E-state index >= 15 is 0 Å². The highest BCUT2D eigenvalue weighted by atomic mass is 32.2. The Balaban J connectivity index is 3.64. The van der Waals surface area contributed by atoms with Gasteiger partial charge in [-0.15, -0.1) is 0 Å². The van der Waals surface area contributed by atoms with Gasteiger partial charge in [0.15, 0.2) is 0 Å². The summed E-state index contributed by atoms with van der Waals surface area (Å²) in [7, 11) is 0.712. The van der Waals surface area contributed by atoms with Crippen LogP contribution in [0.4, 0.5) is 0 Å².